The van der Waals surface area contributed by atoms with Gasteiger partial charge in [0.1, 0.15) is 0 Å². The number of hydrogen-bond donors (Lipinski definition) is 2. The molecule has 4 nitrogen and oxygen atoms in total. The molecule has 9 heavy (non-hydrogen) atoms. The lowest BCUT2D eigenvalue weighted by Crippen LogP contribution is -2.25. The number of carbonyl (C=O) groups is 2. The van der Waals surface area contributed by atoms with Gasteiger partial charge in [-0.3, -0.25) is 9.59 Å². The summed E-state index contributed by atoms with van der Waals surface area (Å²) in [5, 5.41) is 6.74. The lowest BCUT2D eigenvalue weighted by Gasteiger charge is -1.99. The number of carboxylic acids is 1. The van der Waals surface area contributed by atoms with Crippen LogP contribution in [-0.4, -0.2) is 29.4 Å². The lowest BCUT2D eigenvalue weighted by molar-refractivity contribution is -0.148. The van der Waals surface area contributed by atoms with E-state index in [4.69, 9.17) is 5.11 Å². The first-order chi connectivity index (χ1) is 4.09. The molecule has 1 N–H and O–H groups in total. The highest BCUT2D eigenvalue weighted by atomic mass is 32.1. The Morgan fingerprint density at radius 3 is 2.22 bits per heavy atom. The fourth-order valence-electron chi connectivity index (χ4n) is 0.212. The quantitative estimate of drug-likeness (QED) is 0.317. The molecule has 5 heteroatoms. The highest BCUT2D eigenvalue weighted by Gasteiger charge is 2.21. The van der Waals surface area contributed by atoms with Crippen LogP contribution in [0.15, 0.2) is 0 Å². The van der Waals surface area contributed by atoms with Gasteiger partial charge < -0.3 is 9.84 Å². The lowest BCUT2D eigenvalue weighted by atomic mass is 10.4. The number of esters is 1. The summed E-state index contributed by atoms with van der Waals surface area (Å²) >= 11 is 3.43. The molecule has 0 aromatic heterocycles. The molecule has 0 saturated carbocycles. The van der Waals surface area contributed by atoms with E-state index in [2.05, 4.69) is 17.4 Å². The molecule has 0 rings (SSSR count). The zero-order valence-corrected chi connectivity index (χ0v) is 5.59. The Labute approximate surface area is 57.2 Å². The second-order valence-corrected chi connectivity index (χ2v) is 1.78. The van der Waals surface area contributed by atoms with Crippen LogP contribution in [0.5, 0.6) is 0 Å². The number of carbonyl (C=O) groups excluding carboxylic acids is 1. The highest BCUT2D eigenvalue weighted by Crippen LogP contribution is 1.96. The zero-order chi connectivity index (χ0) is 7.44. The maximum atomic E-state index is 10.3. The molecule has 0 saturated heterocycles. The van der Waals surface area contributed by atoms with Gasteiger partial charge in [-0.1, -0.05) is 0 Å². The average molecular weight is 150 g/mol. The zero-order valence-electron chi connectivity index (χ0n) is 4.70. The number of carboxylic acid groups (broad SMARTS) is 1. The second kappa shape index (κ2) is 3.34. The van der Waals surface area contributed by atoms with E-state index in [0.717, 1.165) is 7.11 Å². The van der Waals surface area contributed by atoms with Gasteiger partial charge in [0.05, 0.1) is 7.11 Å². The maximum Gasteiger partial charge on any atom is 0.330 e. The topological polar surface area (TPSA) is 63.6 Å². The molecule has 0 amide bonds. The fourth-order valence-corrected chi connectivity index (χ4v) is 0.318. The highest BCUT2D eigenvalue weighted by molar-refractivity contribution is 7.82. The third kappa shape index (κ3) is 2.36. The Balaban J connectivity index is 3.88. The van der Waals surface area contributed by atoms with Gasteiger partial charge in [-0.15, -0.1) is 0 Å². The van der Waals surface area contributed by atoms with E-state index in [9.17, 15) is 9.59 Å². The van der Waals surface area contributed by atoms with Crippen LogP contribution in [0.1, 0.15) is 0 Å². The summed E-state index contributed by atoms with van der Waals surface area (Å²) < 4.78 is 4.08. The van der Waals surface area contributed by atoms with Crippen molar-refractivity contribution in [2.24, 2.45) is 0 Å². The molecule has 0 aromatic carbocycles. The van der Waals surface area contributed by atoms with E-state index in [-0.39, 0.29) is 0 Å². The van der Waals surface area contributed by atoms with Crippen LogP contribution in [0.3, 0.4) is 0 Å². The summed E-state index contributed by atoms with van der Waals surface area (Å²) in [5.41, 5.74) is 0. The van der Waals surface area contributed by atoms with Crippen LogP contribution in [0.2, 0.25) is 0 Å². The van der Waals surface area contributed by atoms with Gasteiger partial charge in [0.25, 0.3) is 0 Å². The molecule has 1 atom stereocenters. The minimum atomic E-state index is -1.37. The molecule has 0 aromatic rings. The van der Waals surface area contributed by atoms with Crippen LogP contribution in [0.4, 0.5) is 0 Å². The van der Waals surface area contributed by atoms with E-state index in [1.165, 1.54) is 0 Å². The minimum absolute atomic E-state index is 0.856. The number of rotatable bonds is 2. The Morgan fingerprint density at radius 2 is 2.11 bits per heavy atom. The maximum absolute atomic E-state index is 10.3. The predicted octanol–water partition coefficient (Wildman–Crippen LogP) is -0.458. The monoisotopic (exact) mass is 150 g/mol. The summed E-state index contributed by atoms with van der Waals surface area (Å²) in [5.74, 6) is -2.16. The van der Waals surface area contributed by atoms with Crippen molar-refractivity contribution in [2.45, 2.75) is 5.25 Å². The van der Waals surface area contributed by atoms with Crippen LogP contribution < -0.4 is 0 Å². The van der Waals surface area contributed by atoms with Gasteiger partial charge in [0.2, 0.25) is 0 Å². The molecular weight excluding hydrogens is 144 g/mol. The average Bonchev–Trinajstić information content (AvgIpc) is 1.84. The number of methoxy groups -OCH3 is 1. The number of aliphatic carboxylic acids is 1. The molecule has 0 aliphatic carbocycles. The first-order valence-electron chi connectivity index (χ1n) is 2.08. The minimum Gasteiger partial charge on any atom is -0.480 e. The van der Waals surface area contributed by atoms with Gasteiger partial charge in [-0.2, -0.15) is 12.6 Å². The molecule has 0 heterocycles. The smallest absolute Gasteiger partial charge is 0.330 e. The number of ether oxygens (including phenoxy) is 1. The van der Waals surface area contributed by atoms with E-state index >= 15 is 0 Å². The van der Waals surface area contributed by atoms with Gasteiger partial charge >= 0.3 is 11.9 Å². The molecule has 0 bridgehead atoms. The fraction of sp³-hybridized carbons (Fsp3) is 0.500. The number of thiol groups is 1. The molecule has 0 fully saturated rings. The van der Waals surface area contributed by atoms with Crippen molar-refractivity contribution >= 4 is 24.6 Å². The third-order valence-electron chi connectivity index (χ3n) is 0.658. The van der Waals surface area contributed by atoms with E-state index in [1.54, 1.807) is 0 Å². The normalized spacial score (nSPS) is 12.2. The molecule has 52 valence electrons. The summed E-state index contributed by atoms with van der Waals surface area (Å²) in [6.45, 7) is 0. The molecule has 0 aliphatic rings. The van der Waals surface area contributed by atoms with Gasteiger partial charge in [-0.05, 0) is 0 Å². The Kier molecular flexibility index (Phi) is 3.08. The summed E-state index contributed by atoms with van der Waals surface area (Å²) in [4.78, 5) is 20.2. The van der Waals surface area contributed by atoms with Crippen molar-refractivity contribution in [3.05, 3.63) is 0 Å². The van der Waals surface area contributed by atoms with Crippen molar-refractivity contribution < 1.29 is 19.4 Å². The van der Waals surface area contributed by atoms with Crippen molar-refractivity contribution in [3.63, 3.8) is 0 Å². The SMILES string of the molecule is COC(=O)C(S)C(=O)O. The van der Waals surface area contributed by atoms with Crippen LogP contribution >= 0.6 is 12.6 Å². The molecule has 0 aliphatic heterocycles. The first-order valence-corrected chi connectivity index (χ1v) is 2.60. The summed E-state index contributed by atoms with van der Waals surface area (Å²) in [6.07, 6.45) is 0. The largest absolute Gasteiger partial charge is 0.480 e. The molecule has 0 radical (unpaired) electrons. The van der Waals surface area contributed by atoms with E-state index in [1.807, 2.05) is 0 Å². The second-order valence-electron chi connectivity index (χ2n) is 1.26. The summed E-state index contributed by atoms with van der Waals surface area (Å²) in [7, 11) is 1.11. The molecule has 0 spiro atoms. The van der Waals surface area contributed by atoms with Crippen LogP contribution in [-0.2, 0) is 14.3 Å². The Bertz CT molecular complexity index is 133. The molecular formula is C4H6O4S. The number of hydrogen-bond acceptors (Lipinski definition) is 4. The Morgan fingerprint density at radius 1 is 1.67 bits per heavy atom. The third-order valence-corrected chi connectivity index (χ3v) is 1.09. The van der Waals surface area contributed by atoms with E-state index < -0.39 is 17.2 Å². The van der Waals surface area contributed by atoms with Crippen molar-refractivity contribution in [1.29, 1.82) is 0 Å². The summed E-state index contributed by atoms with van der Waals surface area (Å²) in [6, 6.07) is 0. The van der Waals surface area contributed by atoms with Crippen molar-refractivity contribution in [2.75, 3.05) is 7.11 Å². The predicted molar refractivity (Wildman–Crippen MR) is 32.4 cm³/mol. The standard InChI is InChI=1S/C4H6O4S/c1-8-4(7)2(9)3(5)6/h2,9H,1H3,(H,5,6). The van der Waals surface area contributed by atoms with Crippen LogP contribution in [0.25, 0.3) is 0 Å². The van der Waals surface area contributed by atoms with Gasteiger partial charge in [0, 0.05) is 0 Å². The first kappa shape index (κ1) is 8.29. The van der Waals surface area contributed by atoms with Crippen molar-refractivity contribution in [3.8, 4) is 0 Å². The van der Waals surface area contributed by atoms with Crippen LogP contribution in [0, 0.1) is 0 Å². The van der Waals surface area contributed by atoms with Gasteiger partial charge in [0.15, 0.2) is 5.25 Å². The van der Waals surface area contributed by atoms with Crippen molar-refractivity contribution in [1.82, 2.24) is 0 Å². The van der Waals surface area contributed by atoms with Gasteiger partial charge in [-0.25, -0.2) is 0 Å². The Hall–Kier alpha value is -0.710. The molecule has 1 unspecified atom stereocenters. The van der Waals surface area contributed by atoms with E-state index in [0.29, 0.717) is 0 Å².